The first-order valence-corrected chi connectivity index (χ1v) is 11.7. The molecule has 0 bridgehead atoms. The topological polar surface area (TPSA) is 134 Å². The molecule has 0 fully saturated rings. The molecule has 4 rings (SSSR count). The van der Waals surface area contributed by atoms with Gasteiger partial charge in [0.25, 0.3) is 5.56 Å². The third-order valence-corrected chi connectivity index (χ3v) is 6.11. The monoisotopic (exact) mass is 575 g/mol. The zero-order valence-corrected chi connectivity index (χ0v) is 24.5. The molecule has 0 saturated carbocycles. The number of nitrogens with zero attached hydrogens (tertiary/aromatic N) is 1. The van der Waals surface area contributed by atoms with E-state index < -0.39 is 53.7 Å². The van der Waals surface area contributed by atoms with Gasteiger partial charge in [-0.05, 0) is 25.8 Å². The van der Waals surface area contributed by atoms with Crippen LogP contribution < -0.4 is 79.2 Å². The van der Waals surface area contributed by atoms with Crippen molar-refractivity contribution in [2.45, 2.75) is 9.79 Å². The van der Waals surface area contributed by atoms with E-state index in [1.807, 2.05) is 0 Å². The van der Waals surface area contributed by atoms with E-state index in [2.05, 4.69) is 15.0 Å². The second-order valence-corrected chi connectivity index (χ2v) is 9.20. The standard InChI is InChI=1S/C20H11F5N3O5PS.2Na/c21-12-13(22)15(24)19(16(25)14(12)23)33-9-2-1-3-10(8(9)4-5-34(30,31)32)35-11-6-26-18-17(11)27-7-28-20(18)29;;/h1-7,26H,(H,27,28,29)(H2,30,31,32);;/q;2*+1/p-2/b5-4+;;. The van der Waals surface area contributed by atoms with Gasteiger partial charge >= 0.3 is 59.1 Å². The van der Waals surface area contributed by atoms with E-state index in [0.717, 1.165) is 30.2 Å². The predicted molar refractivity (Wildman–Crippen MR) is 110 cm³/mol. The normalized spacial score (nSPS) is 11.4. The maximum atomic E-state index is 14.2. The summed E-state index contributed by atoms with van der Waals surface area (Å²) >= 11 is 0.884. The molecule has 0 amide bonds. The first kappa shape index (κ1) is 31.8. The third-order valence-electron chi connectivity index (χ3n) is 4.49. The fraction of sp³-hybridized carbons (Fsp3) is 0. The van der Waals surface area contributed by atoms with Crippen LogP contribution in [0.25, 0.3) is 17.1 Å². The van der Waals surface area contributed by atoms with Gasteiger partial charge in [0.05, 0.1) is 11.2 Å². The van der Waals surface area contributed by atoms with Gasteiger partial charge in [0.2, 0.25) is 34.8 Å². The number of nitrogens with one attached hydrogen (secondary N) is 2. The summed E-state index contributed by atoms with van der Waals surface area (Å²) < 4.78 is 85.0. The fourth-order valence-electron chi connectivity index (χ4n) is 2.94. The molecule has 0 atom stereocenters. The molecule has 0 spiro atoms. The minimum atomic E-state index is -5.24. The van der Waals surface area contributed by atoms with Crippen molar-refractivity contribution in [3.63, 3.8) is 0 Å². The van der Waals surface area contributed by atoms with Crippen LogP contribution in [0.5, 0.6) is 11.5 Å². The third kappa shape index (κ3) is 6.77. The molecule has 0 saturated heterocycles. The Kier molecular flexibility index (Phi) is 10.8. The van der Waals surface area contributed by atoms with Gasteiger partial charge in [-0.3, -0.25) is 4.79 Å². The van der Waals surface area contributed by atoms with Gasteiger partial charge < -0.3 is 29.1 Å². The minimum Gasteiger partial charge on any atom is -0.808 e. The molecular formula is C20H9F5N3Na2O5PS. The number of halogens is 5. The van der Waals surface area contributed by atoms with Crippen LogP contribution in [0.3, 0.4) is 0 Å². The molecule has 37 heavy (non-hydrogen) atoms. The van der Waals surface area contributed by atoms with Gasteiger partial charge in [-0.15, -0.1) is 0 Å². The van der Waals surface area contributed by atoms with Gasteiger partial charge in [0.15, 0.2) is 0 Å². The Morgan fingerprint density at radius 1 is 0.946 bits per heavy atom. The molecule has 2 aromatic carbocycles. The van der Waals surface area contributed by atoms with Gasteiger partial charge in [-0.25, -0.2) is 18.2 Å². The van der Waals surface area contributed by atoms with Gasteiger partial charge in [0.1, 0.15) is 16.8 Å². The number of fused-ring (bicyclic) bond motifs is 1. The van der Waals surface area contributed by atoms with E-state index in [1.165, 1.54) is 18.3 Å². The number of benzene rings is 2. The second kappa shape index (κ2) is 12.6. The van der Waals surface area contributed by atoms with Crippen LogP contribution >= 0.6 is 19.4 Å². The van der Waals surface area contributed by atoms with E-state index in [-0.39, 0.29) is 86.4 Å². The van der Waals surface area contributed by atoms with Crippen LogP contribution in [0.2, 0.25) is 0 Å². The van der Waals surface area contributed by atoms with Crippen LogP contribution in [0.4, 0.5) is 22.0 Å². The van der Waals surface area contributed by atoms with E-state index >= 15 is 0 Å². The first-order chi connectivity index (χ1) is 16.5. The number of ether oxygens (including phenoxy) is 1. The number of aromatic amines is 2. The maximum Gasteiger partial charge on any atom is 1.00 e. The number of aromatic nitrogens is 3. The van der Waals surface area contributed by atoms with E-state index in [0.29, 0.717) is 4.90 Å². The second-order valence-electron chi connectivity index (χ2n) is 6.73. The SMILES string of the molecule is O=c1[nH]cnc2c(Sc3cccc(Oc4c(F)c(F)c(F)c(F)c4F)c3/C=C/P(=O)([O-])[O-])c[nH]c12.[Na+].[Na+]. The Balaban J connectivity index is 0.00000241. The predicted octanol–water partition coefficient (Wildman–Crippen LogP) is -2.22. The number of hydrogen-bond acceptors (Lipinski definition) is 7. The van der Waals surface area contributed by atoms with Crippen molar-refractivity contribution in [1.82, 2.24) is 15.0 Å². The summed E-state index contributed by atoms with van der Waals surface area (Å²) in [4.78, 5) is 43.8. The summed E-state index contributed by atoms with van der Waals surface area (Å²) in [6, 6.07) is 3.73. The van der Waals surface area contributed by atoms with Crippen molar-refractivity contribution in [2.24, 2.45) is 0 Å². The molecule has 4 aromatic rings. The fourth-order valence-corrected chi connectivity index (χ4v) is 4.30. The van der Waals surface area contributed by atoms with Crippen LogP contribution in [0.1, 0.15) is 5.56 Å². The van der Waals surface area contributed by atoms with Gasteiger partial charge in [-0.2, -0.15) is 8.78 Å². The summed E-state index contributed by atoms with van der Waals surface area (Å²) in [7, 11) is -5.24. The van der Waals surface area contributed by atoms with Crippen molar-refractivity contribution >= 4 is 36.5 Å². The quantitative estimate of drug-likeness (QED) is 0.0876. The Morgan fingerprint density at radius 2 is 1.57 bits per heavy atom. The summed E-state index contributed by atoms with van der Waals surface area (Å²) in [6.45, 7) is 0. The summed E-state index contributed by atoms with van der Waals surface area (Å²) in [5.41, 5.74) is -0.390. The van der Waals surface area contributed by atoms with Crippen LogP contribution in [0.15, 0.2) is 51.1 Å². The molecule has 17 heteroatoms. The zero-order chi connectivity index (χ0) is 25.5. The molecule has 2 heterocycles. The molecule has 0 unspecified atom stereocenters. The maximum absolute atomic E-state index is 14.2. The van der Waals surface area contributed by atoms with Gasteiger partial charge in [0, 0.05) is 16.7 Å². The molecule has 0 aliphatic heterocycles. The smallest absolute Gasteiger partial charge is 0.808 e. The van der Waals surface area contributed by atoms with Crippen molar-refractivity contribution in [2.75, 3.05) is 0 Å². The Morgan fingerprint density at radius 3 is 2.19 bits per heavy atom. The molecule has 0 radical (unpaired) electrons. The molecule has 0 aliphatic rings. The molecule has 182 valence electrons. The summed E-state index contributed by atoms with van der Waals surface area (Å²) in [6.07, 6.45) is 3.28. The van der Waals surface area contributed by atoms with E-state index in [4.69, 9.17) is 4.74 Å². The zero-order valence-electron chi connectivity index (χ0n) is 18.8. The van der Waals surface area contributed by atoms with Crippen molar-refractivity contribution in [3.8, 4) is 11.5 Å². The first-order valence-electron chi connectivity index (χ1n) is 9.24. The van der Waals surface area contributed by atoms with E-state index in [1.54, 1.807) is 0 Å². The van der Waals surface area contributed by atoms with Crippen molar-refractivity contribution in [1.29, 1.82) is 0 Å². The molecule has 2 aromatic heterocycles. The Bertz CT molecular complexity index is 1580. The number of rotatable bonds is 6. The summed E-state index contributed by atoms with van der Waals surface area (Å²) in [5.74, 6) is -13.3. The molecule has 0 aliphatic carbocycles. The Hall–Kier alpha value is -1.45. The van der Waals surface area contributed by atoms with Crippen LogP contribution in [-0.2, 0) is 4.57 Å². The minimum absolute atomic E-state index is 0. The molecule has 8 nitrogen and oxygen atoms in total. The average Bonchev–Trinajstić information content (AvgIpc) is 3.22. The van der Waals surface area contributed by atoms with Crippen LogP contribution in [-0.4, -0.2) is 15.0 Å². The Labute approximate surface area is 252 Å². The number of H-pyrrole nitrogens is 2. The largest absolute Gasteiger partial charge is 1.00 e. The van der Waals surface area contributed by atoms with Crippen LogP contribution in [0, 0.1) is 29.1 Å². The van der Waals surface area contributed by atoms with Crippen molar-refractivity contribution in [3.05, 3.63) is 81.5 Å². The number of hydrogen-bond donors (Lipinski definition) is 2. The van der Waals surface area contributed by atoms with Gasteiger partial charge in [-0.1, -0.05) is 23.6 Å². The average molecular weight is 575 g/mol. The molecule has 2 N–H and O–H groups in total. The van der Waals surface area contributed by atoms with Crippen molar-refractivity contribution < 1.29 is 100 Å². The molecular weight excluding hydrogens is 566 g/mol. The summed E-state index contributed by atoms with van der Waals surface area (Å²) in [5, 5.41) is 0. The van der Waals surface area contributed by atoms with E-state index in [9.17, 15) is 41.1 Å².